The predicted molar refractivity (Wildman–Crippen MR) is 51.4 cm³/mol. The zero-order chi connectivity index (χ0) is 8.74. The molecule has 0 aliphatic carbocycles. The topological polar surface area (TPSA) is 0 Å². The van der Waals surface area contributed by atoms with Crippen LogP contribution in [0.15, 0.2) is 0 Å². The molecule has 0 N–H and O–H groups in total. The van der Waals surface area contributed by atoms with E-state index in [9.17, 15) is 0 Å². The average molecular weight is 152 g/mol. The van der Waals surface area contributed by atoms with Gasteiger partial charge in [-0.2, -0.15) is 0 Å². The summed E-state index contributed by atoms with van der Waals surface area (Å²) in [6, 6.07) is 0. The molecule has 11 heavy (non-hydrogen) atoms. The minimum Gasteiger partial charge on any atom is -0.120 e. The van der Waals surface area contributed by atoms with Gasteiger partial charge >= 0.3 is 0 Å². The van der Waals surface area contributed by atoms with E-state index in [1.807, 2.05) is 0 Å². The Labute approximate surface area is 71.4 Å². The van der Waals surface area contributed by atoms with Crippen molar-refractivity contribution in [3.63, 3.8) is 0 Å². The molecule has 0 radical (unpaired) electrons. The molecule has 0 aliphatic heterocycles. The summed E-state index contributed by atoms with van der Waals surface area (Å²) in [4.78, 5) is 0. The third-order valence-corrected chi connectivity index (χ3v) is 2.15. The first-order valence-electron chi connectivity index (χ1n) is 4.56. The van der Waals surface area contributed by atoms with E-state index in [0.29, 0.717) is 5.41 Å². The Morgan fingerprint density at radius 2 is 1.91 bits per heavy atom. The van der Waals surface area contributed by atoms with Crippen molar-refractivity contribution in [2.45, 2.75) is 52.9 Å². The zero-order valence-electron chi connectivity index (χ0n) is 8.11. The van der Waals surface area contributed by atoms with Crippen LogP contribution in [0, 0.1) is 17.8 Å². The van der Waals surface area contributed by atoms with Crippen molar-refractivity contribution in [2.24, 2.45) is 5.41 Å². The van der Waals surface area contributed by atoms with Gasteiger partial charge in [-0.25, -0.2) is 0 Å². The lowest BCUT2D eigenvalue weighted by Gasteiger charge is -2.22. The number of hydrogen-bond donors (Lipinski definition) is 0. The maximum atomic E-state index is 5.21. The molecule has 0 heteroatoms. The van der Waals surface area contributed by atoms with E-state index in [-0.39, 0.29) is 0 Å². The lowest BCUT2D eigenvalue weighted by Crippen LogP contribution is -2.10. The lowest BCUT2D eigenvalue weighted by molar-refractivity contribution is 0.302. The van der Waals surface area contributed by atoms with Gasteiger partial charge in [0.05, 0.1) is 0 Å². The molecule has 0 heterocycles. The zero-order valence-corrected chi connectivity index (χ0v) is 8.11. The quantitative estimate of drug-likeness (QED) is 0.528. The summed E-state index contributed by atoms with van der Waals surface area (Å²) < 4.78 is 0. The first-order chi connectivity index (χ1) is 5.12. The Balaban J connectivity index is 3.54. The van der Waals surface area contributed by atoms with Crippen LogP contribution in [0.2, 0.25) is 0 Å². The van der Waals surface area contributed by atoms with Crippen molar-refractivity contribution < 1.29 is 0 Å². The summed E-state index contributed by atoms with van der Waals surface area (Å²) in [5.74, 6) is 2.70. The number of unbranched alkanes of at least 4 members (excludes halogenated alkanes) is 1. The van der Waals surface area contributed by atoms with Crippen LogP contribution in [0.25, 0.3) is 0 Å². The van der Waals surface area contributed by atoms with Crippen molar-refractivity contribution in [3.8, 4) is 12.3 Å². The highest BCUT2D eigenvalue weighted by atomic mass is 14.2. The summed E-state index contributed by atoms with van der Waals surface area (Å²) in [5.41, 5.74) is 0.461. The van der Waals surface area contributed by atoms with Gasteiger partial charge in [0.25, 0.3) is 0 Å². The molecule has 0 aromatic carbocycles. The monoisotopic (exact) mass is 152 g/mol. The van der Waals surface area contributed by atoms with Gasteiger partial charge in [-0.1, -0.05) is 33.6 Å². The van der Waals surface area contributed by atoms with Gasteiger partial charge in [0.1, 0.15) is 0 Å². The van der Waals surface area contributed by atoms with Gasteiger partial charge < -0.3 is 0 Å². The summed E-state index contributed by atoms with van der Waals surface area (Å²) in [5, 5.41) is 0. The highest BCUT2D eigenvalue weighted by Gasteiger charge is 2.15. The van der Waals surface area contributed by atoms with Crippen molar-refractivity contribution in [1.82, 2.24) is 0 Å². The van der Waals surface area contributed by atoms with Gasteiger partial charge in [0, 0.05) is 6.42 Å². The molecule has 0 aliphatic rings. The molecular formula is C11H20. The fourth-order valence-corrected chi connectivity index (χ4v) is 1.19. The van der Waals surface area contributed by atoms with Crippen LogP contribution >= 0.6 is 0 Å². The van der Waals surface area contributed by atoms with Crippen LogP contribution in [0.3, 0.4) is 0 Å². The van der Waals surface area contributed by atoms with Crippen molar-refractivity contribution in [3.05, 3.63) is 0 Å². The Bertz CT molecular complexity index is 125. The maximum Gasteiger partial charge on any atom is 0.00911 e. The van der Waals surface area contributed by atoms with Gasteiger partial charge in [0.2, 0.25) is 0 Å². The number of rotatable bonds is 5. The molecule has 64 valence electrons. The largest absolute Gasteiger partial charge is 0.120 e. The molecule has 0 unspecified atom stereocenters. The van der Waals surface area contributed by atoms with Crippen LogP contribution in [0.1, 0.15) is 52.9 Å². The third kappa shape index (κ3) is 5.98. The van der Waals surface area contributed by atoms with Crippen LogP contribution in [0.4, 0.5) is 0 Å². The molecule has 0 saturated carbocycles. The molecule has 0 nitrogen and oxygen atoms in total. The van der Waals surface area contributed by atoms with Gasteiger partial charge in [-0.3, -0.25) is 0 Å². The Kier molecular flexibility index (Phi) is 5.03. The Morgan fingerprint density at radius 3 is 2.36 bits per heavy atom. The molecule has 0 aromatic rings. The lowest BCUT2D eigenvalue weighted by atomic mass is 9.83. The van der Waals surface area contributed by atoms with Crippen LogP contribution in [-0.2, 0) is 0 Å². The molecule has 0 spiro atoms. The van der Waals surface area contributed by atoms with Crippen LogP contribution < -0.4 is 0 Å². The molecule has 0 amide bonds. The normalized spacial score (nSPS) is 11.1. The predicted octanol–water partition coefficient (Wildman–Crippen LogP) is 3.62. The molecule has 0 saturated heterocycles. The smallest absolute Gasteiger partial charge is 0.00911 e. The molecule has 0 aromatic heterocycles. The van der Waals surface area contributed by atoms with E-state index in [1.54, 1.807) is 0 Å². The second-order valence-corrected chi connectivity index (χ2v) is 3.97. The first-order valence-corrected chi connectivity index (χ1v) is 4.56. The highest BCUT2D eigenvalue weighted by molar-refractivity contribution is 4.86. The second kappa shape index (κ2) is 5.24. The van der Waals surface area contributed by atoms with Crippen molar-refractivity contribution >= 4 is 0 Å². The van der Waals surface area contributed by atoms with Gasteiger partial charge in [-0.05, 0) is 18.3 Å². The number of hydrogen-bond acceptors (Lipinski definition) is 0. The maximum absolute atomic E-state index is 5.21. The van der Waals surface area contributed by atoms with E-state index in [2.05, 4.69) is 26.7 Å². The standard InChI is InChI=1S/C11H20/c1-5-7-9-11(3,4)10-8-6-2/h1H,6-10H2,2-4H3. The fourth-order valence-electron chi connectivity index (χ4n) is 1.19. The van der Waals surface area contributed by atoms with Gasteiger partial charge in [-0.15, -0.1) is 12.3 Å². The highest BCUT2D eigenvalue weighted by Crippen LogP contribution is 2.28. The minimum absolute atomic E-state index is 0.461. The molecule has 0 fully saturated rings. The molecular weight excluding hydrogens is 132 g/mol. The molecule has 0 atom stereocenters. The third-order valence-electron chi connectivity index (χ3n) is 2.15. The summed E-state index contributed by atoms with van der Waals surface area (Å²) in [6.07, 6.45) is 11.2. The molecule has 0 bridgehead atoms. The van der Waals surface area contributed by atoms with E-state index in [4.69, 9.17) is 6.42 Å². The summed E-state index contributed by atoms with van der Waals surface area (Å²) in [6.45, 7) is 6.84. The number of terminal acetylenes is 1. The fraction of sp³-hybridized carbons (Fsp3) is 0.818. The van der Waals surface area contributed by atoms with Crippen LogP contribution in [-0.4, -0.2) is 0 Å². The van der Waals surface area contributed by atoms with E-state index >= 15 is 0 Å². The summed E-state index contributed by atoms with van der Waals surface area (Å²) >= 11 is 0. The van der Waals surface area contributed by atoms with Crippen LogP contribution in [0.5, 0.6) is 0 Å². The Morgan fingerprint density at radius 1 is 1.27 bits per heavy atom. The van der Waals surface area contributed by atoms with Crippen molar-refractivity contribution in [1.29, 1.82) is 0 Å². The first kappa shape index (κ1) is 10.6. The summed E-state index contributed by atoms with van der Waals surface area (Å²) in [7, 11) is 0. The molecule has 0 rings (SSSR count). The van der Waals surface area contributed by atoms with E-state index < -0.39 is 0 Å². The second-order valence-electron chi connectivity index (χ2n) is 3.97. The minimum atomic E-state index is 0.461. The average Bonchev–Trinajstić information content (AvgIpc) is 1.97. The Hall–Kier alpha value is -0.440. The van der Waals surface area contributed by atoms with Gasteiger partial charge in [0.15, 0.2) is 0 Å². The van der Waals surface area contributed by atoms with E-state index in [0.717, 1.165) is 6.42 Å². The van der Waals surface area contributed by atoms with E-state index in [1.165, 1.54) is 25.7 Å². The SMILES string of the molecule is C#CCCC(C)(C)CCCC. The van der Waals surface area contributed by atoms with Crippen molar-refractivity contribution in [2.75, 3.05) is 0 Å².